The predicted molar refractivity (Wildman–Crippen MR) is 109 cm³/mol. The number of nitrogens with zero attached hydrogens (tertiary/aromatic N) is 2. The summed E-state index contributed by atoms with van der Waals surface area (Å²) in [6.07, 6.45) is 4.29. The van der Waals surface area contributed by atoms with Gasteiger partial charge in [-0.1, -0.05) is 23.7 Å². The highest BCUT2D eigenvalue weighted by Crippen LogP contribution is 2.27. The highest BCUT2D eigenvalue weighted by atomic mass is 35.5. The molecule has 0 atom stereocenters. The number of halogens is 1. The van der Waals surface area contributed by atoms with Crippen molar-refractivity contribution in [3.63, 3.8) is 0 Å². The van der Waals surface area contributed by atoms with Gasteiger partial charge in [0.25, 0.3) is 11.6 Å². The van der Waals surface area contributed by atoms with Crippen molar-refractivity contribution in [1.29, 1.82) is 0 Å². The van der Waals surface area contributed by atoms with E-state index < -0.39 is 4.92 Å². The molecule has 148 valence electrons. The second kappa shape index (κ2) is 9.16. The van der Waals surface area contributed by atoms with E-state index in [1.807, 2.05) is 24.5 Å². The third kappa shape index (κ3) is 5.52. The van der Waals surface area contributed by atoms with Crippen LogP contribution in [0.5, 0.6) is 5.75 Å². The molecule has 0 aliphatic heterocycles. The molecule has 0 spiro atoms. The topological polar surface area (TPSA) is 85.3 Å². The molecule has 2 aromatic carbocycles. The molecule has 1 aromatic heterocycles. The van der Waals surface area contributed by atoms with E-state index in [-0.39, 0.29) is 18.1 Å². The first-order valence-electron chi connectivity index (χ1n) is 8.79. The number of carbonyl (C=O) groups excluding carboxylic acids is 1. The summed E-state index contributed by atoms with van der Waals surface area (Å²) in [5.74, 6) is 0.363. The summed E-state index contributed by atoms with van der Waals surface area (Å²) in [7, 11) is 1.53. The van der Waals surface area contributed by atoms with E-state index in [0.717, 1.165) is 11.1 Å². The number of rotatable bonds is 7. The maximum absolute atomic E-state index is 12.2. The molecule has 1 heterocycles. The number of methoxy groups -OCH3 is 1. The Balaban J connectivity index is 1.57. The first-order chi connectivity index (χ1) is 13.9. The average Bonchev–Trinajstić information content (AvgIpc) is 2.70. The number of nitro groups is 1. The first kappa shape index (κ1) is 20.3. The fraction of sp³-hybridized carbons (Fsp3) is 0.143. The zero-order valence-corrected chi connectivity index (χ0v) is 16.4. The van der Waals surface area contributed by atoms with Gasteiger partial charge in [-0.2, -0.15) is 4.57 Å². The maximum Gasteiger partial charge on any atom is 0.290 e. The molecular weight excluding hydrogens is 394 g/mol. The Bertz CT molecular complexity index is 1020. The molecule has 0 saturated carbocycles. The van der Waals surface area contributed by atoms with E-state index >= 15 is 0 Å². The fourth-order valence-electron chi connectivity index (χ4n) is 2.79. The van der Waals surface area contributed by atoms with Gasteiger partial charge in [-0.3, -0.25) is 14.9 Å². The van der Waals surface area contributed by atoms with Crippen molar-refractivity contribution >= 4 is 28.9 Å². The van der Waals surface area contributed by atoms with Crippen LogP contribution < -0.4 is 14.6 Å². The zero-order chi connectivity index (χ0) is 20.8. The van der Waals surface area contributed by atoms with Crippen LogP contribution in [0, 0.1) is 10.1 Å². The minimum Gasteiger partial charge on any atom is -0.495 e. The number of anilines is 1. The van der Waals surface area contributed by atoms with Gasteiger partial charge in [0.2, 0.25) is 6.54 Å². The average molecular weight is 413 g/mol. The van der Waals surface area contributed by atoms with Gasteiger partial charge in [-0.15, -0.1) is 0 Å². The van der Waals surface area contributed by atoms with Gasteiger partial charge in [0.05, 0.1) is 17.1 Å². The van der Waals surface area contributed by atoms with Crippen LogP contribution in [0.2, 0.25) is 5.02 Å². The highest BCUT2D eigenvalue weighted by molar-refractivity contribution is 6.32. The number of aromatic nitrogens is 1. The van der Waals surface area contributed by atoms with Gasteiger partial charge in [0.15, 0.2) is 12.4 Å². The smallest absolute Gasteiger partial charge is 0.290 e. The number of hydrogen-bond donors (Lipinski definition) is 1. The quantitative estimate of drug-likeness (QED) is 0.363. The summed E-state index contributed by atoms with van der Waals surface area (Å²) in [6.45, 7) is 0.154. The number of hydrogen-bond acceptors (Lipinski definition) is 4. The van der Waals surface area contributed by atoms with Crippen LogP contribution in [0.15, 0.2) is 67.0 Å². The third-order valence-corrected chi connectivity index (χ3v) is 4.57. The molecule has 29 heavy (non-hydrogen) atoms. The van der Waals surface area contributed by atoms with E-state index in [0.29, 0.717) is 22.9 Å². The Morgan fingerprint density at radius 3 is 2.34 bits per heavy atom. The van der Waals surface area contributed by atoms with Crippen molar-refractivity contribution < 1.29 is 19.0 Å². The van der Waals surface area contributed by atoms with E-state index in [1.165, 1.54) is 19.2 Å². The predicted octanol–water partition coefficient (Wildman–Crippen LogP) is 3.77. The number of carbonyl (C=O) groups is 1. The normalized spacial score (nSPS) is 10.4. The first-order valence-corrected chi connectivity index (χ1v) is 9.17. The summed E-state index contributed by atoms with van der Waals surface area (Å²) in [5, 5.41) is 13.9. The number of nitrogens with one attached hydrogen (secondary N) is 1. The lowest BCUT2D eigenvalue weighted by atomic mass is 10.1. The fourth-order valence-corrected chi connectivity index (χ4v) is 3.05. The van der Waals surface area contributed by atoms with E-state index in [4.69, 9.17) is 16.3 Å². The minimum atomic E-state index is -0.417. The summed E-state index contributed by atoms with van der Waals surface area (Å²) in [4.78, 5) is 22.5. The van der Waals surface area contributed by atoms with Crippen LogP contribution in [-0.2, 0) is 17.8 Å². The summed E-state index contributed by atoms with van der Waals surface area (Å²) in [6, 6.07) is 15.4. The molecule has 0 radical (unpaired) electrons. The number of benzene rings is 2. The van der Waals surface area contributed by atoms with Crippen molar-refractivity contribution in [1.82, 2.24) is 0 Å². The van der Waals surface area contributed by atoms with Gasteiger partial charge in [-0.05, 0) is 35.7 Å². The van der Waals surface area contributed by atoms with E-state index in [2.05, 4.69) is 5.32 Å². The molecule has 0 fully saturated rings. The number of amides is 1. The van der Waals surface area contributed by atoms with Gasteiger partial charge in [-0.25, -0.2) is 0 Å². The van der Waals surface area contributed by atoms with Crippen LogP contribution in [-0.4, -0.2) is 17.9 Å². The second-order valence-corrected chi connectivity index (χ2v) is 6.78. The minimum absolute atomic E-state index is 0.0730. The maximum atomic E-state index is 12.2. The molecule has 3 aromatic rings. The lowest BCUT2D eigenvalue weighted by Gasteiger charge is -2.07. The number of nitro benzene ring substituents is 1. The second-order valence-electron chi connectivity index (χ2n) is 6.38. The molecule has 7 nitrogen and oxygen atoms in total. The van der Waals surface area contributed by atoms with Crippen molar-refractivity contribution in [2.24, 2.45) is 0 Å². The zero-order valence-electron chi connectivity index (χ0n) is 15.7. The molecule has 1 amide bonds. The van der Waals surface area contributed by atoms with Gasteiger partial charge in [0.1, 0.15) is 5.75 Å². The molecule has 8 heteroatoms. The van der Waals surface area contributed by atoms with E-state index in [9.17, 15) is 14.9 Å². The van der Waals surface area contributed by atoms with Crippen LogP contribution >= 0.6 is 11.6 Å². The molecule has 0 aliphatic rings. The lowest BCUT2D eigenvalue weighted by molar-refractivity contribution is -0.684. The molecule has 3 rings (SSSR count). The number of ether oxygens (including phenoxy) is 1. The molecule has 1 N–H and O–H groups in total. The number of non-ortho nitro benzene ring substituents is 1. The van der Waals surface area contributed by atoms with Crippen LogP contribution in [0.3, 0.4) is 0 Å². The summed E-state index contributed by atoms with van der Waals surface area (Å²) < 4.78 is 6.86. The molecule has 0 bridgehead atoms. The van der Waals surface area contributed by atoms with Crippen molar-refractivity contribution in [3.05, 3.63) is 93.3 Å². The number of pyridine rings is 1. The standard InChI is InChI=1S/C21H18ClN3O4/c1-29-20-7-4-17(13-19(20)22)23-21(26)14-24-10-8-16(9-11-24)12-15-2-5-18(6-3-15)25(27)28/h2-11,13H,12,14H2,1H3/p+1. The van der Waals surface area contributed by atoms with Crippen molar-refractivity contribution in [2.45, 2.75) is 13.0 Å². The van der Waals surface area contributed by atoms with Crippen LogP contribution in [0.25, 0.3) is 0 Å². The van der Waals surface area contributed by atoms with Gasteiger partial charge >= 0.3 is 0 Å². The van der Waals surface area contributed by atoms with Crippen LogP contribution in [0.1, 0.15) is 11.1 Å². The Hall–Kier alpha value is -3.45. The van der Waals surface area contributed by atoms with Gasteiger partial charge < -0.3 is 10.1 Å². The largest absolute Gasteiger partial charge is 0.495 e. The third-order valence-electron chi connectivity index (χ3n) is 4.28. The Morgan fingerprint density at radius 2 is 1.76 bits per heavy atom. The monoisotopic (exact) mass is 412 g/mol. The highest BCUT2D eigenvalue weighted by Gasteiger charge is 2.11. The van der Waals surface area contributed by atoms with E-state index in [1.54, 1.807) is 34.9 Å². The van der Waals surface area contributed by atoms with Crippen molar-refractivity contribution in [3.8, 4) is 5.75 Å². The van der Waals surface area contributed by atoms with Gasteiger partial charge in [0, 0.05) is 30.0 Å². The SMILES string of the molecule is COc1ccc(NC(=O)C[n+]2ccc(Cc3ccc([N+](=O)[O-])cc3)cc2)cc1Cl. The Labute approximate surface area is 172 Å². The van der Waals surface area contributed by atoms with Crippen molar-refractivity contribution in [2.75, 3.05) is 12.4 Å². The lowest BCUT2D eigenvalue weighted by Crippen LogP contribution is -2.39. The summed E-state index contributed by atoms with van der Waals surface area (Å²) >= 11 is 6.07. The Kier molecular flexibility index (Phi) is 6.41. The molecular formula is C21H19ClN3O4+. The Morgan fingerprint density at radius 1 is 1.10 bits per heavy atom. The molecule has 0 aliphatic carbocycles. The summed E-state index contributed by atoms with van der Waals surface area (Å²) in [5.41, 5.74) is 2.68. The van der Waals surface area contributed by atoms with Crippen LogP contribution in [0.4, 0.5) is 11.4 Å². The molecule has 0 unspecified atom stereocenters. The molecule has 0 saturated heterocycles.